The first-order valence-corrected chi connectivity index (χ1v) is 5.25. The lowest BCUT2D eigenvalue weighted by atomic mass is 10.2. The molecule has 16 heavy (non-hydrogen) atoms. The molecule has 0 saturated carbocycles. The molecule has 5 heteroatoms. The van der Waals surface area contributed by atoms with Gasteiger partial charge in [0.2, 0.25) is 0 Å². The minimum absolute atomic E-state index is 0.0986. The molecule has 1 aromatic carbocycles. The number of nitro groups is 1. The van der Waals surface area contributed by atoms with Crippen LogP contribution in [0.3, 0.4) is 0 Å². The van der Waals surface area contributed by atoms with Crippen LogP contribution in [0.15, 0.2) is 18.2 Å². The molecule has 0 bridgehead atoms. The van der Waals surface area contributed by atoms with Gasteiger partial charge in [0.15, 0.2) is 0 Å². The van der Waals surface area contributed by atoms with Gasteiger partial charge in [-0.25, -0.2) is 4.39 Å². The minimum atomic E-state index is -0.533. The third-order valence-corrected chi connectivity index (χ3v) is 2.28. The van der Waals surface area contributed by atoms with Gasteiger partial charge in [-0.3, -0.25) is 10.1 Å². The zero-order valence-electron chi connectivity index (χ0n) is 9.37. The Morgan fingerprint density at radius 2 is 2.25 bits per heavy atom. The average molecular weight is 226 g/mol. The Morgan fingerprint density at radius 1 is 1.56 bits per heavy atom. The molecule has 0 saturated heterocycles. The van der Waals surface area contributed by atoms with E-state index in [2.05, 4.69) is 5.32 Å². The highest BCUT2D eigenvalue weighted by molar-refractivity contribution is 5.52. The van der Waals surface area contributed by atoms with E-state index in [0.29, 0.717) is 0 Å². The third-order valence-electron chi connectivity index (χ3n) is 2.28. The van der Waals surface area contributed by atoms with Crippen LogP contribution in [0.5, 0.6) is 0 Å². The monoisotopic (exact) mass is 226 g/mol. The van der Waals surface area contributed by atoms with E-state index >= 15 is 0 Å². The number of nitrogens with zero attached hydrogens (tertiary/aromatic N) is 1. The minimum Gasteiger partial charge on any atom is -0.380 e. The molecule has 1 unspecified atom stereocenters. The van der Waals surface area contributed by atoms with E-state index in [-0.39, 0.29) is 17.4 Å². The van der Waals surface area contributed by atoms with Crippen molar-refractivity contribution in [3.8, 4) is 0 Å². The number of halogens is 1. The van der Waals surface area contributed by atoms with Crippen molar-refractivity contribution in [3.05, 3.63) is 34.1 Å². The highest BCUT2D eigenvalue weighted by Crippen LogP contribution is 2.22. The molecule has 88 valence electrons. The number of hydrogen-bond acceptors (Lipinski definition) is 3. The van der Waals surface area contributed by atoms with Gasteiger partial charge in [-0.15, -0.1) is 0 Å². The summed E-state index contributed by atoms with van der Waals surface area (Å²) in [5.41, 5.74) is 0.0859. The molecular weight excluding hydrogens is 211 g/mol. The fourth-order valence-electron chi connectivity index (χ4n) is 1.51. The molecule has 0 heterocycles. The lowest BCUT2D eigenvalue weighted by Gasteiger charge is -2.14. The normalized spacial score (nSPS) is 12.2. The van der Waals surface area contributed by atoms with Crippen LogP contribution in [0.25, 0.3) is 0 Å². The Bertz CT molecular complexity index is 382. The Morgan fingerprint density at radius 3 is 2.81 bits per heavy atom. The first-order chi connectivity index (χ1) is 7.54. The maximum Gasteiger partial charge on any atom is 0.271 e. The number of non-ortho nitro benzene ring substituents is 1. The van der Waals surface area contributed by atoms with Crippen molar-refractivity contribution < 1.29 is 9.31 Å². The number of benzene rings is 1. The molecule has 0 aliphatic heterocycles. The summed E-state index contributed by atoms with van der Waals surface area (Å²) >= 11 is 0. The number of anilines is 1. The zero-order valence-corrected chi connectivity index (χ0v) is 9.37. The highest BCUT2D eigenvalue weighted by Gasteiger charge is 2.12. The SMILES string of the molecule is CCCC(C)Nc1cc([N+](=O)[O-])ccc1F. The van der Waals surface area contributed by atoms with Crippen LogP contribution in [-0.2, 0) is 0 Å². The van der Waals surface area contributed by atoms with E-state index in [1.165, 1.54) is 6.07 Å². The van der Waals surface area contributed by atoms with Crippen LogP contribution in [0.1, 0.15) is 26.7 Å². The smallest absolute Gasteiger partial charge is 0.271 e. The van der Waals surface area contributed by atoms with Crippen molar-refractivity contribution in [2.24, 2.45) is 0 Å². The Kier molecular flexibility index (Phi) is 4.22. The standard InChI is InChI=1S/C11H15FN2O2/c1-3-4-8(2)13-11-7-9(14(15)16)5-6-10(11)12/h5-8,13H,3-4H2,1-2H3. The van der Waals surface area contributed by atoms with E-state index < -0.39 is 10.7 Å². The first-order valence-electron chi connectivity index (χ1n) is 5.25. The largest absolute Gasteiger partial charge is 0.380 e. The summed E-state index contributed by atoms with van der Waals surface area (Å²) in [5, 5.41) is 13.5. The fraction of sp³-hybridized carbons (Fsp3) is 0.455. The molecule has 1 N–H and O–H groups in total. The van der Waals surface area contributed by atoms with Gasteiger partial charge >= 0.3 is 0 Å². The highest BCUT2D eigenvalue weighted by atomic mass is 19.1. The number of nitro benzene ring substituents is 1. The van der Waals surface area contributed by atoms with E-state index in [9.17, 15) is 14.5 Å². The quantitative estimate of drug-likeness (QED) is 0.618. The predicted octanol–water partition coefficient (Wildman–Crippen LogP) is 3.33. The van der Waals surface area contributed by atoms with Crippen molar-refractivity contribution in [2.75, 3.05) is 5.32 Å². The van der Waals surface area contributed by atoms with E-state index in [0.717, 1.165) is 25.0 Å². The lowest BCUT2D eigenvalue weighted by molar-refractivity contribution is -0.384. The van der Waals surface area contributed by atoms with Crippen LogP contribution in [0, 0.1) is 15.9 Å². The molecule has 0 radical (unpaired) electrons. The molecule has 4 nitrogen and oxygen atoms in total. The summed E-state index contributed by atoms with van der Waals surface area (Å²) in [4.78, 5) is 10.00. The molecule has 0 aliphatic carbocycles. The molecule has 0 spiro atoms. The zero-order chi connectivity index (χ0) is 12.1. The molecule has 1 aromatic rings. The van der Waals surface area contributed by atoms with Gasteiger partial charge < -0.3 is 5.32 Å². The second-order valence-corrected chi connectivity index (χ2v) is 3.76. The topological polar surface area (TPSA) is 55.2 Å². The molecule has 0 amide bonds. The summed E-state index contributed by atoms with van der Waals surface area (Å²) in [5.74, 6) is -0.464. The summed E-state index contributed by atoms with van der Waals surface area (Å²) < 4.78 is 13.3. The molecule has 0 fully saturated rings. The molecule has 0 aromatic heterocycles. The van der Waals surface area contributed by atoms with Crippen molar-refractivity contribution in [2.45, 2.75) is 32.7 Å². The van der Waals surface area contributed by atoms with Crippen LogP contribution in [0.4, 0.5) is 15.8 Å². The maximum atomic E-state index is 13.3. The van der Waals surface area contributed by atoms with Gasteiger partial charge in [-0.1, -0.05) is 13.3 Å². The molecule has 1 rings (SSSR count). The maximum absolute atomic E-state index is 13.3. The van der Waals surface area contributed by atoms with E-state index in [4.69, 9.17) is 0 Å². The number of nitrogens with one attached hydrogen (secondary N) is 1. The predicted molar refractivity (Wildman–Crippen MR) is 61.0 cm³/mol. The summed E-state index contributed by atoms with van der Waals surface area (Å²) in [6.07, 6.45) is 1.87. The van der Waals surface area contributed by atoms with Crippen molar-refractivity contribution in [3.63, 3.8) is 0 Å². The van der Waals surface area contributed by atoms with Crippen LogP contribution < -0.4 is 5.32 Å². The third kappa shape index (κ3) is 3.18. The van der Waals surface area contributed by atoms with Crippen LogP contribution in [-0.4, -0.2) is 11.0 Å². The second-order valence-electron chi connectivity index (χ2n) is 3.76. The summed E-state index contributed by atoms with van der Waals surface area (Å²) in [6.45, 7) is 3.95. The number of rotatable bonds is 5. The molecule has 0 aliphatic rings. The van der Waals surface area contributed by atoms with Gasteiger partial charge in [0, 0.05) is 18.2 Å². The van der Waals surface area contributed by atoms with Crippen molar-refractivity contribution in [1.82, 2.24) is 0 Å². The van der Waals surface area contributed by atoms with Crippen molar-refractivity contribution in [1.29, 1.82) is 0 Å². The van der Waals surface area contributed by atoms with Crippen molar-refractivity contribution >= 4 is 11.4 Å². The fourth-order valence-corrected chi connectivity index (χ4v) is 1.51. The Hall–Kier alpha value is -1.65. The van der Waals surface area contributed by atoms with Gasteiger partial charge in [0.25, 0.3) is 5.69 Å². The van der Waals surface area contributed by atoms with Crippen LogP contribution >= 0.6 is 0 Å². The summed E-state index contributed by atoms with van der Waals surface area (Å²) in [6, 6.07) is 3.59. The lowest BCUT2D eigenvalue weighted by Crippen LogP contribution is -2.15. The van der Waals surface area contributed by atoms with E-state index in [1.807, 2.05) is 13.8 Å². The van der Waals surface area contributed by atoms with Gasteiger partial charge in [0.1, 0.15) is 5.82 Å². The Labute approximate surface area is 93.6 Å². The molecular formula is C11H15FN2O2. The first kappa shape index (κ1) is 12.4. The van der Waals surface area contributed by atoms with Gasteiger partial charge in [0.05, 0.1) is 10.6 Å². The van der Waals surface area contributed by atoms with Gasteiger partial charge in [-0.05, 0) is 19.4 Å². The van der Waals surface area contributed by atoms with E-state index in [1.54, 1.807) is 0 Å². The molecule has 1 atom stereocenters. The Balaban J connectivity index is 2.85. The number of hydrogen-bond donors (Lipinski definition) is 1. The van der Waals surface area contributed by atoms with Crippen LogP contribution in [0.2, 0.25) is 0 Å². The summed E-state index contributed by atoms with van der Waals surface area (Å²) in [7, 11) is 0. The second kappa shape index (κ2) is 5.44. The average Bonchev–Trinajstić information content (AvgIpc) is 2.21. The van der Waals surface area contributed by atoms with Gasteiger partial charge in [-0.2, -0.15) is 0 Å².